The van der Waals surface area contributed by atoms with Gasteiger partial charge in [-0.2, -0.15) is 0 Å². The molecule has 1 unspecified atom stereocenters. The van der Waals surface area contributed by atoms with Gasteiger partial charge in [0.1, 0.15) is 34.9 Å². The molecule has 6 rings (SSSR count). The van der Waals surface area contributed by atoms with Crippen LogP contribution in [-0.2, 0) is 0 Å². The van der Waals surface area contributed by atoms with Gasteiger partial charge in [0.05, 0.1) is 24.7 Å². The Labute approximate surface area is 191 Å². The number of nitrogens with zero attached hydrogens (tertiary/aromatic N) is 6. The first-order valence-corrected chi connectivity index (χ1v) is 10.6. The number of rotatable bonds is 4. The summed E-state index contributed by atoms with van der Waals surface area (Å²) in [6.07, 6.45) is 6.24. The molecule has 0 spiro atoms. The number of imidazole rings is 2. The summed E-state index contributed by atoms with van der Waals surface area (Å²) >= 11 is 0. The van der Waals surface area contributed by atoms with Gasteiger partial charge in [-0.25, -0.2) is 28.5 Å². The van der Waals surface area contributed by atoms with Crippen molar-refractivity contribution in [1.82, 2.24) is 28.9 Å². The van der Waals surface area contributed by atoms with Gasteiger partial charge >= 0.3 is 5.69 Å². The van der Waals surface area contributed by atoms with Gasteiger partial charge in [0, 0.05) is 6.20 Å². The van der Waals surface area contributed by atoms with Crippen LogP contribution in [0.1, 0.15) is 11.6 Å². The molecule has 10 heteroatoms. The predicted molar refractivity (Wildman–Crippen MR) is 123 cm³/mol. The first-order valence-electron chi connectivity index (χ1n) is 10.6. The monoisotopic (exact) mass is 457 g/mol. The SMILES string of the molecule is O=c1[nH]c2cnc(-c3cnc4ccc(F)cn34)nc2n1[C@@H](C1=NCC(F)C=C1)c1ccccc1. The van der Waals surface area contributed by atoms with E-state index in [0.717, 1.165) is 5.56 Å². The lowest BCUT2D eigenvalue weighted by Crippen LogP contribution is -2.30. The fourth-order valence-electron chi connectivity index (χ4n) is 4.17. The summed E-state index contributed by atoms with van der Waals surface area (Å²) in [5.74, 6) is -0.154. The lowest BCUT2D eigenvalue weighted by molar-refractivity contribution is 0.406. The van der Waals surface area contributed by atoms with Crippen molar-refractivity contribution >= 4 is 22.5 Å². The van der Waals surface area contributed by atoms with E-state index in [0.29, 0.717) is 28.2 Å². The third-order valence-corrected chi connectivity index (χ3v) is 5.73. The average Bonchev–Trinajstić information content (AvgIpc) is 3.41. The highest BCUT2D eigenvalue weighted by Crippen LogP contribution is 2.26. The Bertz CT molecular complexity index is 1650. The summed E-state index contributed by atoms with van der Waals surface area (Å²) in [6.45, 7) is -0.0140. The Morgan fingerprint density at radius 2 is 1.94 bits per heavy atom. The smallest absolute Gasteiger partial charge is 0.303 e. The summed E-state index contributed by atoms with van der Waals surface area (Å²) in [5, 5.41) is 0. The molecule has 0 saturated carbocycles. The Kier molecular flexibility index (Phi) is 4.65. The molecule has 0 amide bonds. The minimum absolute atomic E-state index is 0.0140. The molecule has 0 aliphatic carbocycles. The molecule has 0 saturated heterocycles. The van der Waals surface area contributed by atoms with Gasteiger partial charge in [-0.1, -0.05) is 30.3 Å². The minimum Gasteiger partial charge on any atom is -0.303 e. The van der Waals surface area contributed by atoms with E-state index < -0.39 is 23.7 Å². The van der Waals surface area contributed by atoms with Crippen molar-refractivity contribution in [3.05, 3.63) is 95.1 Å². The van der Waals surface area contributed by atoms with Gasteiger partial charge < -0.3 is 4.98 Å². The zero-order valence-electron chi connectivity index (χ0n) is 17.6. The molecule has 0 bridgehead atoms. The largest absolute Gasteiger partial charge is 0.328 e. The van der Waals surface area contributed by atoms with Gasteiger partial charge in [0.25, 0.3) is 0 Å². The fraction of sp³-hybridized carbons (Fsp3) is 0.125. The topological polar surface area (TPSA) is 93.2 Å². The van der Waals surface area contributed by atoms with E-state index >= 15 is 0 Å². The van der Waals surface area contributed by atoms with Crippen molar-refractivity contribution < 1.29 is 8.78 Å². The number of benzene rings is 1. The maximum atomic E-state index is 13.9. The van der Waals surface area contributed by atoms with Crippen molar-refractivity contribution in [2.75, 3.05) is 6.54 Å². The predicted octanol–water partition coefficient (Wildman–Crippen LogP) is 3.51. The number of dihydropyridines is 1. The van der Waals surface area contributed by atoms with Gasteiger partial charge in [-0.3, -0.25) is 14.0 Å². The van der Waals surface area contributed by atoms with Crippen molar-refractivity contribution in [1.29, 1.82) is 0 Å². The van der Waals surface area contributed by atoms with E-state index in [4.69, 9.17) is 0 Å². The number of hydrogen-bond acceptors (Lipinski definition) is 5. The van der Waals surface area contributed by atoms with Gasteiger partial charge in [0.2, 0.25) is 0 Å². The number of pyridine rings is 1. The van der Waals surface area contributed by atoms with Gasteiger partial charge in [0.15, 0.2) is 11.5 Å². The van der Waals surface area contributed by atoms with Crippen LogP contribution in [0.15, 0.2) is 83.0 Å². The first kappa shape index (κ1) is 20.2. The molecule has 4 aromatic heterocycles. The highest BCUT2D eigenvalue weighted by Gasteiger charge is 2.26. The summed E-state index contributed by atoms with van der Waals surface area (Å²) in [7, 11) is 0. The molecule has 8 nitrogen and oxygen atoms in total. The second-order valence-corrected chi connectivity index (χ2v) is 7.90. The zero-order chi connectivity index (χ0) is 23.2. The molecular formula is C24H17F2N7O. The van der Waals surface area contributed by atoms with Crippen molar-refractivity contribution in [3.63, 3.8) is 0 Å². The minimum atomic E-state index is -1.16. The van der Waals surface area contributed by atoms with E-state index in [1.165, 1.54) is 29.1 Å². The fourth-order valence-corrected chi connectivity index (χ4v) is 4.17. The Morgan fingerprint density at radius 1 is 1.09 bits per heavy atom. The van der Waals surface area contributed by atoms with Crippen LogP contribution >= 0.6 is 0 Å². The van der Waals surface area contributed by atoms with Crippen LogP contribution < -0.4 is 5.69 Å². The summed E-state index contributed by atoms with van der Waals surface area (Å²) in [5.41, 5.74) is 2.72. The number of halogens is 2. The highest BCUT2D eigenvalue weighted by atomic mass is 19.1. The highest BCUT2D eigenvalue weighted by molar-refractivity contribution is 6.01. The van der Waals surface area contributed by atoms with Crippen molar-refractivity contribution in [3.8, 4) is 11.5 Å². The molecule has 2 atom stereocenters. The van der Waals surface area contributed by atoms with E-state index in [1.54, 1.807) is 22.7 Å². The lowest BCUT2D eigenvalue weighted by Gasteiger charge is -2.21. The number of aliphatic imine (C=N–C) groups is 1. The Balaban J connectivity index is 1.57. The van der Waals surface area contributed by atoms with Gasteiger partial charge in [-0.15, -0.1) is 0 Å². The van der Waals surface area contributed by atoms with Crippen LogP contribution in [0.25, 0.3) is 28.3 Å². The molecule has 168 valence electrons. The number of allylic oxidation sites excluding steroid dienone is 1. The van der Waals surface area contributed by atoms with Crippen LogP contribution in [0.5, 0.6) is 0 Å². The number of fused-ring (bicyclic) bond motifs is 2. The number of H-pyrrole nitrogens is 1. The normalized spacial score (nSPS) is 16.8. The standard InChI is InChI=1S/C24H17F2N7O/c25-15-6-8-17(27-10-15)21(14-4-2-1-3-5-14)33-23-18(30-24(33)34)11-29-22(31-23)19-12-28-20-9-7-16(26)13-32(19)20/h1-9,11-13,15,21H,10H2,(H,30,34)/t15?,21-/m1/s1. The summed E-state index contributed by atoms with van der Waals surface area (Å²) in [4.78, 5) is 33.6. The molecule has 0 fully saturated rings. The lowest BCUT2D eigenvalue weighted by atomic mass is 9.99. The maximum absolute atomic E-state index is 13.9. The van der Waals surface area contributed by atoms with E-state index in [-0.39, 0.29) is 12.4 Å². The molecular weight excluding hydrogens is 440 g/mol. The molecule has 1 aromatic carbocycles. The molecule has 5 aromatic rings. The number of nitrogens with one attached hydrogen (secondary N) is 1. The van der Waals surface area contributed by atoms with E-state index in [1.807, 2.05) is 30.3 Å². The van der Waals surface area contributed by atoms with Gasteiger partial charge in [-0.05, 0) is 29.8 Å². The van der Waals surface area contributed by atoms with Crippen LogP contribution in [0.3, 0.4) is 0 Å². The third-order valence-electron chi connectivity index (χ3n) is 5.73. The zero-order valence-corrected chi connectivity index (χ0v) is 17.6. The molecule has 1 aliphatic heterocycles. The Hall–Kier alpha value is -4.47. The first-order chi connectivity index (χ1) is 16.6. The Morgan fingerprint density at radius 3 is 2.74 bits per heavy atom. The van der Waals surface area contributed by atoms with Crippen LogP contribution in [-0.4, -0.2) is 47.3 Å². The molecule has 1 aliphatic rings. The summed E-state index contributed by atoms with van der Waals surface area (Å²) in [6, 6.07) is 11.6. The molecule has 34 heavy (non-hydrogen) atoms. The van der Waals surface area contributed by atoms with Crippen LogP contribution in [0.2, 0.25) is 0 Å². The molecule has 0 radical (unpaired) electrons. The van der Waals surface area contributed by atoms with Crippen molar-refractivity contribution in [2.24, 2.45) is 4.99 Å². The second kappa shape index (κ2) is 7.84. The second-order valence-electron chi connectivity index (χ2n) is 7.90. The van der Waals surface area contributed by atoms with Crippen molar-refractivity contribution in [2.45, 2.75) is 12.2 Å². The summed E-state index contributed by atoms with van der Waals surface area (Å²) < 4.78 is 30.6. The van der Waals surface area contributed by atoms with Crippen LogP contribution in [0.4, 0.5) is 8.78 Å². The quantitative estimate of drug-likeness (QED) is 0.447. The van der Waals surface area contributed by atoms with E-state index in [2.05, 4.69) is 24.9 Å². The molecule has 1 N–H and O–H groups in total. The van der Waals surface area contributed by atoms with E-state index in [9.17, 15) is 13.6 Å². The number of aromatic amines is 1. The number of alkyl halides is 1. The maximum Gasteiger partial charge on any atom is 0.328 e. The molecule has 5 heterocycles. The number of aromatic nitrogens is 6. The number of hydrogen-bond donors (Lipinski definition) is 1. The van der Waals surface area contributed by atoms with Crippen LogP contribution in [0, 0.1) is 5.82 Å². The average molecular weight is 457 g/mol. The third kappa shape index (κ3) is 3.31.